The number of rotatable bonds is 5. The molecule has 1 atom stereocenters. The summed E-state index contributed by atoms with van der Waals surface area (Å²) < 4.78 is 52.4. The number of amides is 1. The highest BCUT2D eigenvalue weighted by Gasteiger charge is 2.38. The first kappa shape index (κ1) is 20.1. The lowest BCUT2D eigenvalue weighted by molar-refractivity contribution is -0.147. The summed E-state index contributed by atoms with van der Waals surface area (Å²) >= 11 is 1.01. The van der Waals surface area contributed by atoms with Crippen molar-refractivity contribution >= 4 is 39.1 Å². The van der Waals surface area contributed by atoms with Gasteiger partial charge in [0.2, 0.25) is 0 Å². The highest BCUT2D eigenvalue weighted by Crippen LogP contribution is 2.38. The quantitative estimate of drug-likeness (QED) is 0.567. The SMILES string of the molecule is CCOC(=O)CC1Oc2c(F)cccc2N(Cc2nc3c(F)cc(F)cc3s2)C1=O. The number of thiazole rings is 1. The van der Waals surface area contributed by atoms with E-state index in [2.05, 4.69) is 4.98 Å². The van der Waals surface area contributed by atoms with E-state index in [1.54, 1.807) is 6.92 Å². The molecule has 4 rings (SSSR count). The Bertz CT molecular complexity index is 1150. The van der Waals surface area contributed by atoms with Gasteiger partial charge in [-0.1, -0.05) is 6.07 Å². The predicted octanol–water partition coefficient (Wildman–Crippen LogP) is 3.96. The molecular formula is C20H15F3N2O4S. The van der Waals surface area contributed by atoms with Gasteiger partial charge in [0.25, 0.3) is 5.91 Å². The van der Waals surface area contributed by atoms with Crippen molar-refractivity contribution in [1.29, 1.82) is 0 Å². The minimum Gasteiger partial charge on any atom is -0.475 e. The van der Waals surface area contributed by atoms with Crippen LogP contribution in [0.2, 0.25) is 0 Å². The molecule has 0 radical (unpaired) electrons. The Balaban J connectivity index is 1.70. The number of halogens is 3. The number of para-hydroxylation sites is 1. The monoisotopic (exact) mass is 436 g/mol. The Labute approximate surface area is 172 Å². The lowest BCUT2D eigenvalue weighted by Gasteiger charge is -2.33. The Morgan fingerprint density at radius 2 is 2.07 bits per heavy atom. The number of benzene rings is 2. The minimum absolute atomic E-state index is 0.0142. The molecule has 1 unspecified atom stereocenters. The Morgan fingerprint density at radius 1 is 1.27 bits per heavy atom. The maximum atomic E-state index is 14.4. The number of hydrogen-bond acceptors (Lipinski definition) is 6. The second kappa shape index (κ2) is 7.94. The third-order valence-corrected chi connectivity index (χ3v) is 5.43. The van der Waals surface area contributed by atoms with Gasteiger partial charge in [0.15, 0.2) is 23.5 Å². The molecule has 1 aromatic heterocycles. The molecule has 0 bridgehead atoms. The van der Waals surface area contributed by atoms with Gasteiger partial charge < -0.3 is 9.47 Å². The maximum absolute atomic E-state index is 14.4. The van der Waals surface area contributed by atoms with Crippen molar-refractivity contribution in [2.45, 2.75) is 26.0 Å². The summed E-state index contributed by atoms with van der Waals surface area (Å²) in [7, 11) is 0. The highest BCUT2D eigenvalue weighted by atomic mass is 32.1. The van der Waals surface area contributed by atoms with Crippen molar-refractivity contribution in [2.75, 3.05) is 11.5 Å². The molecular weight excluding hydrogens is 421 g/mol. The van der Waals surface area contributed by atoms with Gasteiger partial charge >= 0.3 is 5.97 Å². The molecule has 3 aromatic rings. The zero-order chi connectivity index (χ0) is 21.4. The first-order valence-electron chi connectivity index (χ1n) is 9.04. The lowest BCUT2D eigenvalue weighted by atomic mass is 10.1. The van der Waals surface area contributed by atoms with Crippen LogP contribution in [0.3, 0.4) is 0 Å². The summed E-state index contributed by atoms with van der Waals surface area (Å²) in [4.78, 5) is 30.2. The fraction of sp³-hybridized carbons (Fsp3) is 0.250. The molecule has 2 aromatic carbocycles. The lowest BCUT2D eigenvalue weighted by Crippen LogP contribution is -2.46. The number of ether oxygens (including phenoxy) is 2. The average Bonchev–Trinajstić information content (AvgIpc) is 3.09. The number of nitrogens with zero attached hydrogens (tertiary/aromatic N) is 2. The molecule has 1 amide bonds. The van der Waals surface area contributed by atoms with E-state index < -0.39 is 41.9 Å². The van der Waals surface area contributed by atoms with Crippen molar-refractivity contribution in [3.05, 3.63) is 52.8 Å². The van der Waals surface area contributed by atoms with Crippen LogP contribution < -0.4 is 9.64 Å². The number of fused-ring (bicyclic) bond motifs is 2. The summed E-state index contributed by atoms with van der Waals surface area (Å²) in [6.45, 7) is 1.62. The molecule has 6 nitrogen and oxygen atoms in total. The number of aromatic nitrogens is 1. The summed E-state index contributed by atoms with van der Waals surface area (Å²) in [6.07, 6.45) is -1.67. The van der Waals surface area contributed by atoms with Crippen LogP contribution in [0, 0.1) is 17.5 Å². The number of esters is 1. The topological polar surface area (TPSA) is 68.7 Å². The second-order valence-electron chi connectivity index (χ2n) is 6.47. The summed E-state index contributed by atoms with van der Waals surface area (Å²) in [5.74, 6) is -3.67. The molecule has 1 aliphatic heterocycles. The minimum atomic E-state index is -1.28. The summed E-state index contributed by atoms with van der Waals surface area (Å²) in [5.41, 5.74) is 0.144. The van der Waals surface area contributed by atoms with Crippen LogP contribution in [0.15, 0.2) is 30.3 Å². The largest absolute Gasteiger partial charge is 0.475 e. The standard InChI is InChI=1S/C20H15F3N2O4S/c1-2-28-17(26)8-14-20(27)25(13-5-3-4-11(22)19(13)29-14)9-16-24-18-12(23)6-10(21)7-15(18)30-16/h3-7,14H,2,8-9H2,1H3. The highest BCUT2D eigenvalue weighted by molar-refractivity contribution is 7.18. The van der Waals surface area contributed by atoms with Crippen LogP contribution >= 0.6 is 11.3 Å². The number of carbonyl (C=O) groups excluding carboxylic acids is 2. The van der Waals surface area contributed by atoms with Crippen molar-refractivity contribution in [3.8, 4) is 5.75 Å². The fourth-order valence-electron chi connectivity index (χ4n) is 3.18. The van der Waals surface area contributed by atoms with E-state index >= 15 is 0 Å². The van der Waals surface area contributed by atoms with E-state index in [0.29, 0.717) is 5.01 Å². The Morgan fingerprint density at radius 3 is 2.83 bits per heavy atom. The van der Waals surface area contributed by atoms with Gasteiger partial charge in [0.1, 0.15) is 16.3 Å². The molecule has 0 saturated heterocycles. The van der Waals surface area contributed by atoms with Gasteiger partial charge in [-0.25, -0.2) is 18.2 Å². The number of carbonyl (C=O) groups is 2. The zero-order valence-electron chi connectivity index (χ0n) is 15.7. The first-order chi connectivity index (χ1) is 14.4. The second-order valence-corrected chi connectivity index (χ2v) is 7.59. The number of anilines is 1. The molecule has 1 aliphatic rings. The zero-order valence-corrected chi connectivity index (χ0v) is 16.5. The maximum Gasteiger partial charge on any atom is 0.310 e. The van der Waals surface area contributed by atoms with Gasteiger partial charge in [0.05, 0.1) is 30.0 Å². The summed E-state index contributed by atoms with van der Waals surface area (Å²) in [5, 5.41) is 0.315. The van der Waals surface area contributed by atoms with Crippen LogP contribution in [0.25, 0.3) is 10.2 Å². The van der Waals surface area contributed by atoms with Crippen molar-refractivity contribution in [2.24, 2.45) is 0 Å². The average molecular weight is 436 g/mol. The van der Waals surface area contributed by atoms with Gasteiger partial charge in [-0.3, -0.25) is 14.5 Å². The van der Waals surface area contributed by atoms with Gasteiger partial charge in [-0.15, -0.1) is 11.3 Å². The van der Waals surface area contributed by atoms with Gasteiger partial charge in [0, 0.05) is 6.07 Å². The van der Waals surface area contributed by atoms with Crippen LogP contribution in [0.1, 0.15) is 18.4 Å². The molecule has 30 heavy (non-hydrogen) atoms. The van der Waals surface area contributed by atoms with E-state index in [9.17, 15) is 22.8 Å². The molecule has 10 heteroatoms. The molecule has 2 heterocycles. The van der Waals surface area contributed by atoms with Gasteiger partial charge in [-0.05, 0) is 25.1 Å². The molecule has 0 aliphatic carbocycles. The Kier molecular flexibility index (Phi) is 5.33. The van der Waals surface area contributed by atoms with E-state index in [4.69, 9.17) is 9.47 Å². The molecule has 0 saturated carbocycles. The third-order valence-electron chi connectivity index (χ3n) is 4.45. The van der Waals surface area contributed by atoms with Gasteiger partial charge in [-0.2, -0.15) is 0 Å². The van der Waals surface area contributed by atoms with Crippen LogP contribution in [-0.4, -0.2) is 29.6 Å². The molecule has 0 fully saturated rings. The predicted molar refractivity (Wildman–Crippen MR) is 103 cm³/mol. The van der Waals surface area contributed by atoms with E-state index in [1.807, 2.05) is 0 Å². The third kappa shape index (κ3) is 3.70. The first-order valence-corrected chi connectivity index (χ1v) is 9.85. The fourth-order valence-corrected chi connectivity index (χ4v) is 4.18. The molecule has 156 valence electrons. The van der Waals surface area contributed by atoms with E-state index in [0.717, 1.165) is 23.5 Å². The van der Waals surface area contributed by atoms with E-state index in [1.165, 1.54) is 23.1 Å². The van der Waals surface area contributed by atoms with Crippen LogP contribution in [-0.2, 0) is 20.9 Å². The normalized spacial score (nSPS) is 15.8. The van der Waals surface area contributed by atoms with Crippen molar-refractivity contribution in [3.63, 3.8) is 0 Å². The molecule has 0 spiro atoms. The Hall–Kier alpha value is -3.14. The smallest absolute Gasteiger partial charge is 0.310 e. The molecule has 0 N–H and O–H groups in total. The van der Waals surface area contributed by atoms with Crippen molar-refractivity contribution < 1.29 is 32.2 Å². The van der Waals surface area contributed by atoms with E-state index in [-0.39, 0.29) is 34.8 Å². The van der Waals surface area contributed by atoms with Crippen molar-refractivity contribution in [1.82, 2.24) is 4.98 Å². The van der Waals surface area contributed by atoms with Crippen LogP contribution in [0.4, 0.5) is 18.9 Å². The summed E-state index contributed by atoms with van der Waals surface area (Å²) in [6, 6.07) is 5.95. The number of hydrogen-bond donors (Lipinski definition) is 0. The van der Waals surface area contributed by atoms with Crippen LogP contribution in [0.5, 0.6) is 5.75 Å².